The predicted octanol–water partition coefficient (Wildman–Crippen LogP) is 4.21. The number of ether oxygens (including phenoxy) is 1. The van der Waals surface area contributed by atoms with Gasteiger partial charge in [0.15, 0.2) is 0 Å². The summed E-state index contributed by atoms with van der Waals surface area (Å²) in [6.45, 7) is 4.02. The highest BCUT2D eigenvalue weighted by Crippen LogP contribution is 2.24. The Hall–Kier alpha value is -2.64. The average molecular weight is 278 g/mol. The van der Waals surface area contributed by atoms with Crippen molar-refractivity contribution in [1.29, 1.82) is 0 Å². The van der Waals surface area contributed by atoms with Crippen molar-refractivity contribution in [2.45, 2.75) is 13.8 Å². The first-order valence-electron chi connectivity index (χ1n) is 6.77. The van der Waals surface area contributed by atoms with Crippen molar-refractivity contribution in [1.82, 2.24) is 0 Å². The molecule has 2 rings (SSSR count). The molecular weight excluding hydrogens is 260 g/mol. The van der Waals surface area contributed by atoms with Crippen molar-refractivity contribution in [2.75, 3.05) is 7.11 Å². The van der Waals surface area contributed by atoms with Gasteiger partial charge in [-0.25, -0.2) is 0 Å². The van der Waals surface area contributed by atoms with E-state index in [0.29, 0.717) is 5.71 Å². The Labute approximate surface area is 125 Å². The second kappa shape index (κ2) is 6.69. The number of benzene rings is 2. The van der Waals surface area contributed by atoms with Crippen molar-refractivity contribution in [2.24, 2.45) is 0 Å². The molecule has 0 radical (unpaired) electrons. The van der Waals surface area contributed by atoms with Gasteiger partial charge in [-0.15, -0.1) is 0 Å². The van der Waals surface area contributed by atoms with Crippen LogP contribution in [0.1, 0.15) is 25.0 Å². The summed E-state index contributed by atoms with van der Waals surface area (Å²) in [7, 11) is 1.63. The second-order valence-corrected chi connectivity index (χ2v) is 4.92. The summed E-state index contributed by atoms with van der Waals surface area (Å²) in [5.41, 5.74) is 14.0. The quantitative estimate of drug-likeness (QED) is 0.469. The standard InChI is InChI=1S/C18H18N2O/c1-13(2)17(14-7-5-4-6-8-14)18(20-19)15-9-11-16(21-3)12-10-15/h4-12H,1-3H3. The molecule has 0 aliphatic heterocycles. The van der Waals surface area contributed by atoms with Crippen molar-refractivity contribution < 1.29 is 9.53 Å². The van der Waals surface area contributed by atoms with Crippen LogP contribution in [0.25, 0.3) is 11.1 Å². The van der Waals surface area contributed by atoms with Gasteiger partial charge in [-0.2, -0.15) is 4.79 Å². The van der Waals surface area contributed by atoms with Crippen LogP contribution < -0.4 is 4.74 Å². The van der Waals surface area contributed by atoms with Gasteiger partial charge in [-0.05, 0) is 43.7 Å². The Kier molecular flexibility index (Phi) is 4.70. The lowest BCUT2D eigenvalue weighted by Gasteiger charge is -2.07. The fourth-order valence-corrected chi connectivity index (χ4v) is 2.27. The lowest BCUT2D eigenvalue weighted by molar-refractivity contribution is -0.00132. The summed E-state index contributed by atoms with van der Waals surface area (Å²) in [6.07, 6.45) is 0. The Morgan fingerprint density at radius 1 is 0.905 bits per heavy atom. The third kappa shape index (κ3) is 3.28. The third-order valence-corrected chi connectivity index (χ3v) is 3.26. The van der Waals surface area contributed by atoms with Crippen LogP contribution in [0.3, 0.4) is 0 Å². The minimum atomic E-state index is 0.559. The number of rotatable bonds is 4. The Bertz CT molecular complexity index is 690. The molecule has 0 N–H and O–H groups in total. The smallest absolute Gasteiger partial charge is 0.330 e. The first-order valence-corrected chi connectivity index (χ1v) is 6.77. The number of methoxy groups -OCH3 is 1. The molecule has 2 aromatic rings. The summed E-state index contributed by atoms with van der Waals surface area (Å²) in [5.74, 6) is 0.773. The van der Waals surface area contributed by atoms with E-state index in [4.69, 9.17) is 4.74 Å². The normalized spacial score (nSPS) is 9.67. The van der Waals surface area contributed by atoms with Gasteiger partial charge in [-0.3, -0.25) is 0 Å². The summed E-state index contributed by atoms with van der Waals surface area (Å²) >= 11 is 0. The maximum Gasteiger partial charge on any atom is 0.330 e. The maximum atomic E-state index is 9.51. The molecule has 0 aromatic heterocycles. The van der Waals surface area contributed by atoms with Crippen LogP contribution in [-0.4, -0.2) is 17.6 Å². The lowest BCUT2D eigenvalue weighted by atomic mass is 9.92. The minimum absolute atomic E-state index is 0.559. The molecule has 3 heteroatoms. The summed E-state index contributed by atoms with van der Waals surface area (Å²) in [4.78, 5) is 3.53. The van der Waals surface area contributed by atoms with E-state index < -0.39 is 0 Å². The Morgan fingerprint density at radius 2 is 1.52 bits per heavy atom. The van der Waals surface area contributed by atoms with Gasteiger partial charge in [0, 0.05) is 0 Å². The fraction of sp³-hybridized carbons (Fsp3) is 0.167. The van der Waals surface area contributed by atoms with E-state index in [2.05, 4.69) is 4.79 Å². The molecule has 21 heavy (non-hydrogen) atoms. The largest absolute Gasteiger partial charge is 0.497 e. The number of allylic oxidation sites excluding steroid dienone is 2. The van der Waals surface area contributed by atoms with Crippen LogP contribution in [-0.2, 0) is 0 Å². The summed E-state index contributed by atoms with van der Waals surface area (Å²) < 4.78 is 5.16. The molecule has 0 aliphatic carbocycles. The summed E-state index contributed by atoms with van der Waals surface area (Å²) in [5, 5.41) is 0. The van der Waals surface area contributed by atoms with E-state index in [1.165, 1.54) is 0 Å². The topological polar surface area (TPSA) is 45.6 Å². The van der Waals surface area contributed by atoms with Gasteiger partial charge < -0.3 is 10.3 Å². The van der Waals surface area contributed by atoms with Crippen LogP contribution in [0.4, 0.5) is 0 Å². The average Bonchev–Trinajstić information content (AvgIpc) is 2.53. The van der Waals surface area contributed by atoms with E-state index >= 15 is 0 Å². The fourth-order valence-electron chi connectivity index (χ4n) is 2.27. The van der Waals surface area contributed by atoms with Gasteiger partial charge in [0.05, 0.1) is 18.2 Å². The zero-order chi connectivity index (χ0) is 15.2. The Morgan fingerprint density at radius 3 is 2.00 bits per heavy atom. The molecule has 0 spiro atoms. The van der Waals surface area contributed by atoms with Crippen LogP contribution in [0.15, 0.2) is 60.2 Å². The van der Waals surface area contributed by atoms with Gasteiger partial charge >= 0.3 is 5.71 Å². The maximum absolute atomic E-state index is 9.51. The number of hydrogen-bond acceptors (Lipinski definition) is 1. The highest BCUT2D eigenvalue weighted by molar-refractivity contribution is 6.29. The predicted molar refractivity (Wildman–Crippen MR) is 85.4 cm³/mol. The summed E-state index contributed by atoms with van der Waals surface area (Å²) in [6, 6.07) is 17.4. The Balaban J connectivity index is 2.53. The molecule has 0 unspecified atom stereocenters. The van der Waals surface area contributed by atoms with Crippen molar-refractivity contribution in [3.05, 3.63) is 76.8 Å². The number of hydrogen-bond donors (Lipinski definition) is 0. The van der Waals surface area contributed by atoms with E-state index in [1.54, 1.807) is 7.11 Å². The molecule has 106 valence electrons. The van der Waals surface area contributed by atoms with Crippen molar-refractivity contribution >= 4 is 11.3 Å². The monoisotopic (exact) mass is 278 g/mol. The van der Waals surface area contributed by atoms with Crippen LogP contribution in [0, 0.1) is 0 Å². The highest BCUT2D eigenvalue weighted by atomic mass is 16.5. The van der Waals surface area contributed by atoms with Crippen molar-refractivity contribution in [3.8, 4) is 5.75 Å². The van der Waals surface area contributed by atoms with E-state index in [1.807, 2.05) is 68.4 Å². The second-order valence-electron chi connectivity index (χ2n) is 4.92. The molecular formula is C18H18N2O. The van der Waals surface area contributed by atoms with Crippen LogP contribution in [0.2, 0.25) is 0 Å². The van der Waals surface area contributed by atoms with Gasteiger partial charge in [0.2, 0.25) is 0 Å². The molecule has 0 fully saturated rings. The first kappa shape index (κ1) is 14.8. The van der Waals surface area contributed by atoms with E-state index in [0.717, 1.165) is 28.0 Å². The third-order valence-electron chi connectivity index (χ3n) is 3.26. The molecule has 3 nitrogen and oxygen atoms in total. The van der Waals surface area contributed by atoms with Gasteiger partial charge in [0.1, 0.15) is 5.75 Å². The molecule has 0 aliphatic rings. The lowest BCUT2D eigenvalue weighted by Crippen LogP contribution is -2.07. The van der Waals surface area contributed by atoms with E-state index in [-0.39, 0.29) is 0 Å². The molecule has 0 amide bonds. The minimum Gasteiger partial charge on any atom is -0.497 e. The highest BCUT2D eigenvalue weighted by Gasteiger charge is 2.21. The number of nitrogens with zero attached hydrogens (tertiary/aromatic N) is 2. The molecule has 0 saturated carbocycles. The van der Waals surface area contributed by atoms with Crippen LogP contribution in [0.5, 0.6) is 5.75 Å². The first-order chi connectivity index (χ1) is 10.2. The molecule has 0 heterocycles. The van der Waals surface area contributed by atoms with E-state index in [9.17, 15) is 5.53 Å². The molecule has 0 atom stereocenters. The molecule has 0 saturated heterocycles. The molecule has 0 bridgehead atoms. The molecule has 2 aromatic carbocycles. The van der Waals surface area contributed by atoms with Gasteiger partial charge in [-0.1, -0.05) is 35.9 Å². The van der Waals surface area contributed by atoms with Crippen LogP contribution >= 0.6 is 0 Å². The zero-order valence-electron chi connectivity index (χ0n) is 12.5. The van der Waals surface area contributed by atoms with Crippen molar-refractivity contribution in [3.63, 3.8) is 0 Å². The SMILES string of the molecule is COc1ccc(C(=[N+]=[N-])C(=C(C)C)c2ccccc2)cc1. The van der Waals surface area contributed by atoms with Gasteiger partial charge in [0.25, 0.3) is 0 Å². The zero-order valence-corrected chi connectivity index (χ0v) is 12.5.